The Hall–Kier alpha value is -1.94. The molecule has 0 aliphatic rings. The summed E-state index contributed by atoms with van der Waals surface area (Å²) in [5.41, 5.74) is 1.79. The highest BCUT2D eigenvalue weighted by atomic mass is 19.1. The van der Waals surface area contributed by atoms with E-state index in [1.165, 1.54) is 6.20 Å². The summed E-state index contributed by atoms with van der Waals surface area (Å²) in [5, 5.41) is 9.20. The third-order valence-corrected chi connectivity index (χ3v) is 2.63. The second kappa shape index (κ2) is 5.14. The van der Waals surface area contributed by atoms with E-state index in [1.807, 2.05) is 0 Å². The largest absolute Gasteiger partial charge is 0.454 e. The minimum atomic E-state index is -0.393. The molecular weight excluding hydrogens is 233 g/mol. The van der Waals surface area contributed by atoms with Gasteiger partial charge in [-0.3, -0.25) is 4.98 Å². The van der Waals surface area contributed by atoms with Gasteiger partial charge in [-0.1, -0.05) is 12.1 Å². The fourth-order valence-corrected chi connectivity index (χ4v) is 1.59. The maximum absolute atomic E-state index is 13.8. The monoisotopic (exact) mass is 247 g/mol. The molecule has 0 saturated carbocycles. The summed E-state index contributed by atoms with van der Waals surface area (Å²) in [6, 6.07) is 6.62. The zero-order valence-electron chi connectivity index (χ0n) is 10.3. The number of hydrogen-bond donors (Lipinski definition) is 1. The molecule has 0 fully saturated rings. The topological polar surface area (TPSA) is 42.4 Å². The van der Waals surface area contributed by atoms with Crippen LogP contribution in [0, 0.1) is 19.7 Å². The normalized spacial score (nSPS) is 10.4. The molecule has 0 aliphatic heterocycles. The minimum Gasteiger partial charge on any atom is -0.454 e. The fraction of sp³-hybridized carbons (Fsp3) is 0.214. The number of aliphatic hydroxyl groups is 1. The molecule has 1 aromatic heterocycles. The Kier molecular flexibility index (Phi) is 3.58. The van der Waals surface area contributed by atoms with Crippen LogP contribution in [0.5, 0.6) is 11.5 Å². The van der Waals surface area contributed by atoms with Crippen molar-refractivity contribution in [2.45, 2.75) is 20.5 Å². The Morgan fingerprint density at radius 3 is 2.78 bits per heavy atom. The van der Waals surface area contributed by atoms with Crippen LogP contribution in [0.3, 0.4) is 0 Å². The van der Waals surface area contributed by atoms with Gasteiger partial charge in [-0.05, 0) is 25.5 Å². The molecule has 1 N–H and O–H groups in total. The van der Waals surface area contributed by atoms with Gasteiger partial charge in [0.2, 0.25) is 0 Å². The molecule has 18 heavy (non-hydrogen) atoms. The van der Waals surface area contributed by atoms with Crippen molar-refractivity contribution in [2.75, 3.05) is 0 Å². The Bertz CT molecular complexity index is 570. The Morgan fingerprint density at radius 1 is 1.28 bits per heavy atom. The van der Waals surface area contributed by atoms with Crippen molar-refractivity contribution in [3.63, 3.8) is 0 Å². The molecule has 2 rings (SSSR count). The van der Waals surface area contributed by atoms with Gasteiger partial charge >= 0.3 is 0 Å². The second-order valence-corrected chi connectivity index (χ2v) is 4.08. The van der Waals surface area contributed by atoms with E-state index in [0.29, 0.717) is 16.9 Å². The molecular formula is C14H14FNO2. The van der Waals surface area contributed by atoms with Crippen molar-refractivity contribution in [3.05, 3.63) is 53.1 Å². The van der Waals surface area contributed by atoms with Gasteiger partial charge in [-0.25, -0.2) is 4.39 Å². The molecule has 3 nitrogen and oxygen atoms in total. The fourth-order valence-electron chi connectivity index (χ4n) is 1.59. The van der Waals surface area contributed by atoms with Gasteiger partial charge in [-0.2, -0.15) is 0 Å². The first-order chi connectivity index (χ1) is 8.61. The number of aryl methyl sites for hydroxylation is 2. The van der Waals surface area contributed by atoms with Crippen molar-refractivity contribution in [3.8, 4) is 11.5 Å². The molecule has 0 radical (unpaired) electrons. The van der Waals surface area contributed by atoms with Crippen molar-refractivity contribution in [1.82, 2.24) is 4.98 Å². The number of rotatable bonds is 3. The van der Waals surface area contributed by atoms with Crippen LogP contribution in [0.1, 0.15) is 16.8 Å². The number of benzene rings is 1. The van der Waals surface area contributed by atoms with Gasteiger partial charge in [-0.15, -0.1) is 0 Å². The van der Waals surface area contributed by atoms with Gasteiger partial charge in [0.05, 0.1) is 6.61 Å². The van der Waals surface area contributed by atoms with E-state index < -0.39 is 5.82 Å². The summed E-state index contributed by atoms with van der Waals surface area (Å²) in [4.78, 5) is 4.06. The third-order valence-electron chi connectivity index (χ3n) is 2.63. The van der Waals surface area contributed by atoms with Crippen molar-refractivity contribution in [1.29, 1.82) is 0 Å². The van der Waals surface area contributed by atoms with Crippen LogP contribution < -0.4 is 4.74 Å². The van der Waals surface area contributed by atoms with E-state index in [2.05, 4.69) is 4.98 Å². The SMILES string of the molecule is Cc1cc(Oc2cccc(C)c2F)c(CO)cn1. The predicted octanol–water partition coefficient (Wildman–Crippen LogP) is 3.12. The zero-order chi connectivity index (χ0) is 13.1. The molecule has 1 aromatic carbocycles. The Morgan fingerprint density at radius 2 is 2.06 bits per heavy atom. The van der Waals surface area contributed by atoms with E-state index >= 15 is 0 Å². The van der Waals surface area contributed by atoms with Crippen LogP contribution in [-0.4, -0.2) is 10.1 Å². The highest BCUT2D eigenvalue weighted by molar-refractivity contribution is 5.39. The molecule has 0 aliphatic carbocycles. The van der Waals surface area contributed by atoms with E-state index in [4.69, 9.17) is 4.74 Å². The first kappa shape index (κ1) is 12.5. The lowest BCUT2D eigenvalue weighted by atomic mass is 10.2. The van der Waals surface area contributed by atoms with E-state index in [-0.39, 0.29) is 12.4 Å². The van der Waals surface area contributed by atoms with Gasteiger partial charge < -0.3 is 9.84 Å². The lowest BCUT2D eigenvalue weighted by molar-refractivity contribution is 0.275. The van der Waals surface area contributed by atoms with Crippen LogP contribution in [0.25, 0.3) is 0 Å². The van der Waals surface area contributed by atoms with Gasteiger partial charge in [0.15, 0.2) is 11.6 Å². The minimum absolute atomic E-state index is 0.148. The average Bonchev–Trinajstić information content (AvgIpc) is 2.35. The summed E-state index contributed by atoms with van der Waals surface area (Å²) in [6.07, 6.45) is 1.53. The van der Waals surface area contributed by atoms with E-state index in [0.717, 1.165) is 5.69 Å². The van der Waals surface area contributed by atoms with Crippen molar-refractivity contribution >= 4 is 0 Å². The highest BCUT2D eigenvalue weighted by Gasteiger charge is 2.10. The Balaban J connectivity index is 2.39. The average molecular weight is 247 g/mol. The molecule has 0 unspecified atom stereocenters. The highest BCUT2D eigenvalue weighted by Crippen LogP contribution is 2.28. The molecule has 2 aromatic rings. The van der Waals surface area contributed by atoms with Crippen LogP contribution in [0.2, 0.25) is 0 Å². The summed E-state index contributed by atoms with van der Waals surface area (Å²) in [6.45, 7) is 3.28. The molecule has 0 spiro atoms. The van der Waals surface area contributed by atoms with E-state index in [1.54, 1.807) is 38.1 Å². The number of hydrogen-bond acceptors (Lipinski definition) is 3. The molecule has 0 atom stereocenters. The first-order valence-corrected chi connectivity index (χ1v) is 5.61. The standard InChI is InChI=1S/C14H14FNO2/c1-9-4-3-5-12(14(9)15)18-13-6-10(2)16-7-11(13)8-17/h3-7,17H,8H2,1-2H3. The third kappa shape index (κ3) is 2.49. The summed E-state index contributed by atoms with van der Waals surface area (Å²) < 4.78 is 19.3. The van der Waals surface area contributed by atoms with Gasteiger partial charge in [0.1, 0.15) is 5.75 Å². The molecule has 1 heterocycles. The maximum Gasteiger partial charge on any atom is 0.168 e. The van der Waals surface area contributed by atoms with E-state index in [9.17, 15) is 9.50 Å². The van der Waals surface area contributed by atoms with Crippen LogP contribution in [0.15, 0.2) is 30.5 Å². The number of nitrogens with zero attached hydrogens (tertiary/aromatic N) is 1. The lowest BCUT2D eigenvalue weighted by Gasteiger charge is -2.11. The molecule has 4 heteroatoms. The number of ether oxygens (including phenoxy) is 1. The lowest BCUT2D eigenvalue weighted by Crippen LogP contribution is -1.97. The zero-order valence-corrected chi connectivity index (χ0v) is 10.3. The Labute approximate surface area is 105 Å². The van der Waals surface area contributed by atoms with Crippen LogP contribution in [0.4, 0.5) is 4.39 Å². The number of halogens is 1. The quantitative estimate of drug-likeness (QED) is 0.906. The summed E-state index contributed by atoms with van der Waals surface area (Å²) in [5.74, 6) is 0.181. The summed E-state index contributed by atoms with van der Waals surface area (Å²) >= 11 is 0. The summed E-state index contributed by atoms with van der Waals surface area (Å²) in [7, 11) is 0. The molecule has 0 amide bonds. The van der Waals surface area contributed by atoms with Crippen molar-refractivity contribution < 1.29 is 14.2 Å². The van der Waals surface area contributed by atoms with Crippen LogP contribution >= 0.6 is 0 Å². The van der Waals surface area contributed by atoms with Crippen LogP contribution in [-0.2, 0) is 6.61 Å². The number of aromatic nitrogens is 1. The van der Waals surface area contributed by atoms with Gasteiger partial charge in [0.25, 0.3) is 0 Å². The first-order valence-electron chi connectivity index (χ1n) is 5.61. The molecule has 94 valence electrons. The predicted molar refractivity (Wildman–Crippen MR) is 66.1 cm³/mol. The van der Waals surface area contributed by atoms with Crippen molar-refractivity contribution in [2.24, 2.45) is 0 Å². The number of aliphatic hydroxyl groups excluding tert-OH is 1. The second-order valence-electron chi connectivity index (χ2n) is 4.08. The smallest absolute Gasteiger partial charge is 0.168 e. The van der Waals surface area contributed by atoms with Gasteiger partial charge in [0, 0.05) is 23.5 Å². The molecule has 0 saturated heterocycles. The number of pyridine rings is 1. The molecule has 0 bridgehead atoms. The maximum atomic E-state index is 13.8.